The van der Waals surface area contributed by atoms with Gasteiger partial charge in [0.2, 0.25) is 0 Å². The monoisotopic (exact) mass is 345 g/mol. The molecule has 1 fully saturated rings. The maximum absolute atomic E-state index is 12.1. The zero-order valence-corrected chi connectivity index (χ0v) is 13.3. The summed E-state index contributed by atoms with van der Waals surface area (Å²) in [5, 5.41) is 22.5. The van der Waals surface area contributed by atoms with E-state index in [2.05, 4.69) is 5.32 Å². The summed E-state index contributed by atoms with van der Waals surface area (Å²) in [7, 11) is 0. The van der Waals surface area contributed by atoms with Gasteiger partial charge in [-0.25, -0.2) is 0 Å². The summed E-state index contributed by atoms with van der Waals surface area (Å²) in [5.74, 6) is -1.67. The number of benzene rings is 1. The van der Waals surface area contributed by atoms with Crippen LogP contribution in [0.4, 0.5) is 0 Å². The lowest BCUT2D eigenvalue weighted by Gasteiger charge is -2.27. The number of hydrogen-bond acceptors (Lipinski definition) is 3. The van der Waals surface area contributed by atoms with E-state index in [1.165, 1.54) is 18.2 Å². The molecule has 0 heterocycles. The lowest BCUT2D eigenvalue weighted by molar-refractivity contribution is -0.142. The highest BCUT2D eigenvalue weighted by Crippen LogP contribution is 2.26. The third kappa shape index (κ3) is 4.35. The van der Waals surface area contributed by atoms with E-state index in [1.807, 2.05) is 0 Å². The van der Waals surface area contributed by atoms with Crippen LogP contribution >= 0.6 is 23.2 Å². The van der Waals surface area contributed by atoms with Crippen molar-refractivity contribution in [2.24, 2.45) is 5.92 Å². The van der Waals surface area contributed by atoms with Crippen molar-refractivity contribution in [3.05, 3.63) is 33.8 Å². The van der Waals surface area contributed by atoms with Gasteiger partial charge in [0, 0.05) is 16.1 Å². The molecule has 1 saturated carbocycles. The number of aliphatic hydroxyl groups excluding tert-OH is 1. The molecule has 5 nitrogen and oxygen atoms in total. The molecule has 1 unspecified atom stereocenters. The summed E-state index contributed by atoms with van der Waals surface area (Å²) in [5.41, 5.74) is 0.328. The number of nitrogens with one attached hydrogen (secondary N) is 1. The molecule has 7 heteroatoms. The molecular weight excluding hydrogens is 329 g/mol. The number of halogens is 2. The van der Waals surface area contributed by atoms with E-state index in [0.29, 0.717) is 41.3 Å². The van der Waals surface area contributed by atoms with Crippen molar-refractivity contribution in [1.82, 2.24) is 5.32 Å². The van der Waals surface area contributed by atoms with Crippen LogP contribution in [0.5, 0.6) is 0 Å². The number of aliphatic carboxylic acids is 1. The van der Waals surface area contributed by atoms with Crippen LogP contribution in [0.2, 0.25) is 10.0 Å². The van der Waals surface area contributed by atoms with Crippen LogP contribution in [0.3, 0.4) is 0 Å². The fourth-order valence-corrected chi connectivity index (χ4v) is 3.19. The highest BCUT2D eigenvalue weighted by Gasteiger charge is 2.28. The van der Waals surface area contributed by atoms with Gasteiger partial charge in [0.25, 0.3) is 5.91 Å². The predicted molar refractivity (Wildman–Crippen MR) is 82.9 cm³/mol. The minimum atomic E-state index is -1.35. The van der Waals surface area contributed by atoms with Crippen LogP contribution in [0.1, 0.15) is 37.4 Å². The predicted octanol–water partition coefficient (Wildman–Crippen LogP) is 2.79. The Kier molecular flexibility index (Phi) is 5.67. The van der Waals surface area contributed by atoms with Crippen molar-refractivity contribution >= 4 is 35.1 Å². The van der Waals surface area contributed by atoms with Crippen molar-refractivity contribution in [2.75, 3.05) is 0 Å². The van der Waals surface area contributed by atoms with Gasteiger partial charge in [0.1, 0.15) is 0 Å². The molecule has 0 saturated heterocycles. The fourth-order valence-electron chi connectivity index (χ4n) is 2.65. The summed E-state index contributed by atoms with van der Waals surface area (Å²) < 4.78 is 0. The summed E-state index contributed by atoms with van der Waals surface area (Å²) >= 11 is 11.7. The first-order chi connectivity index (χ1) is 10.4. The van der Waals surface area contributed by atoms with Gasteiger partial charge in [0.15, 0.2) is 6.10 Å². The molecule has 1 aliphatic rings. The number of amides is 1. The maximum atomic E-state index is 12.1. The lowest BCUT2D eigenvalue weighted by atomic mass is 9.86. The Morgan fingerprint density at radius 3 is 2.14 bits per heavy atom. The summed E-state index contributed by atoms with van der Waals surface area (Å²) in [4.78, 5) is 23.0. The SMILES string of the molecule is O=C(O)C1CCC(NC(=O)C(O)c2cc(Cl)cc(Cl)c2)CC1. The van der Waals surface area contributed by atoms with E-state index in [1.54, 1.807) is 0 Å². The molecule has 120 valence electrons. The van der Waals surface area contributed by atoms with Crippen LogP contribution in [0, 0.1) is 5.92 Å². The number of carbonyl (C=O) groups is 2. The van der Waals surface area contributed by atoms with E-state index in [4.69, 9.17) is 28.3 Å². The average molecular weight is 346 g/mol. The molecule has 0 radical (unpaired) electrons. The second kappa shape index (κ2) is 7.31. The van der Waals surface area contributed by atoms with Crippen LogP contribution in [0.15, 0.2) is 18.2 Å². The van der Waals surface area contributed by atoms with Gasteiger partial charge >= 0.3 is 5.97 Å². The van der Waals surface area contributed by atoms with E-state index in [-0.39, 0.29) is 12.0 Å². The van der Waals surface area contributed by atoms with Gasteiger partial charge in [-0.1, -0.05) is 23.2 Å². The Morgan fingerprint density at radius 1 is 1.09 bits per heavy atom. The molecule has 3 N–H and O–H groups in total. The van der Waals surface area contributed by atoms with Crippen molar-refractivity contribution in [3.63, 3.8) is 0 Å². The molecule has 1 aromatic rings. The van der Waals surface area contributed by atoms with Gasteiger partial charge < -0.3 is 15.5 Å². The summed E-state index contributed by atoms with van der Waals surface area (Å²) in [6.45, 7) is 0. The van der Waals surface area contributed by atoms with Gasteiger partial charge in [-0.05, 0) is 49.4 Å². The van der Waals surface area contributed by atoms with Gasteiger partial charge in [-0.15, -0.1) is 0 Å². The molecule has 1 amide bonds. The first kappa shape index (κ1) is 17.1. The standard InChI is InChI=1S/C15H17Cl2NO4/c16-10-5-9(6-11(17)7-10)13(19)14(20)18-12-3-1-8(2-4-12)15(21)22/h5-8,12-13,19H,1-4H2,(H,18,20)(H,21,22). The molecule has 1 atom stereocenters. The normalized spacial score (nSPS) is 22.9. The van der Waals surface area contributed by atoms with Gasteiger partial charge in [0.05, 0.1) is 5.92 Å². The number of aliphatic hydroxyl groups is 1. The molecule has 1 aliphatic carbocycles. The molecule has 1 aromatic carbocycles. The Balaban J connectivity index is 1.93. The molecule has 0 spiro atoms. The first-order valence-electron chi connectivity index (χ1n) is 7.04. The second-order valence-corrected chi connectivity index (χ2v) is 6.37. The van der Waals surface area contributed by atoms with Crippen molar-refractivity contribution in [3.8, 4) is 0 Å². The number of rotatable bonds is 4. The van der Waals surface area contributed by atoms with E-state index in [9.17, 15) is 14.7 Å². The number of carbonyl (C=O) groups excluding carboxylic acids is 1. The highest BCUT2D eigenvalue weighted by molar-refractivity contribution is 6.34. The molecule has 2 rings (SSSR count). The second-order valence-electron chi connectivity index (χ2n) is 5.50. The Hall–Kier alpha value is -1.30. The molecule has 22 heavy (non-hydrogen) atoms. The van der Waals surface area contributed by atoms with Crippen molar-refractivity contribution in [2.45, 2.75) is 37.8 Å². The zero-order chi connectivity index (χ0) is 16.3. The fraction of sp³-hybridized carbons (Fsp3) is 0.467. The van der Waals surface area contributed by atoms with E-state index < -0.39 is 18.0 Å². The third-order valence-corrected chi connectivity index (χ3v) is 4.31. The van der Waals surface area contributed by atoms with Gasteiger partial charge in [-0.2, -0.15) is 0 Å². The maximum Gasteiger partial charge on any atom is 0.306 e. The van der Waals surface area contributed by atoms with E-state index >= 15 is 0 Å². The number of carboxylic acids is 1. The Labute approximate surface area is 138 Å². The van der Waals surface area contributed by atoms with Crippen LogP contribution < -0.4 is 5.32 Å². The minimum Gasteiger partial charge on any atom is -0.481 e. The quantitative estimate of drug-likeness (QED) is 0.782. The third-order valence-electron chi connectivity index (χ3n) is 3.87. The Bertz CT molecular complexity index is 550. The minimum absolute atomic E-state index is 0.118. The van der Waals surface area contributed by atoms with Crippen molar-refractivity contribution in [1.29, 1.82) is 0 Å². The largest absolute Gasteiger partial charge is 0.481 e. The van der Waals surface area contributed by atoms with Crippen LogP contribution in [-0.4, -0.2) is 28.1 Å². The topological polar surface area (TPSA) is 86.6 Å². The molecule has 0 aliphatic heterocycles. The zero-order valence-electron chi connectivity index (χ0n) is 11.8. The molecule has 0 aromatic heterocycles. The summed E-state index contributed by atoms with van der Waals surface area (Å²) in [6.07, 6.45) is 0.879. The molecule has 0 bridgehead atoms. The molecular formula is C15H17Cl2NO4. The van der Waals surface area contributed by atoms with Gasteiger partial charge in [-0.3, -0.25) is 9.59 Å². The number of hydrogen-bond donors (Lipinski definition) is 3. The Morgan fingerprint density at radius 2 is 1.64 bits per heavy atom. The average Bonchev–Trinajstić information content (AvgIpc) is 2.46. The first-order valence-corrected chi connectivity index (χ1v) is 7.79. The van der Waals surface area contributed by atoms with E-state index in [0.717, 1.165) is 0 Å². The highest BCUT2D eigenvalue weighted by atomic mass is 35.5. The summed E-state index contributed by atoms with van der Waals surface area (Å²) in [6, 6.07) is 4.37. The van der Waals surface area contributed by atoms with Crippen molar-refractivity contribution < 1.29 is 19.8 Å². The van der Waals surface area contributed by atoms with Crippen LogP contribution in [0.25, 0.3) is 0 Å². The lowest BCUT2D eigenvalue weighted by Crippen LogP contribution is -2.41. The smallest absolute Gasteiger partial charge is 0.306 e. The van der Waals surface area contributed by atoms with Crippen LogP contribution in [-0.2, 0) is 9.59 Å². The number of carboxylic acid groups (broad SMARTS) is 1.